The van der Waals surface area contributed by atoms with E-state index in [0.29, 0.717) is 12.8 Å². The summed E-state index contributed by atoms with van der Waals surface area (Å²) >= 11 is 0. The first-order valence-corrected chi connectivity index (χ1v) is 4.12. The molecule has 1 aliphatic rings. The molecule has 0 saturated heterocycles. The first kappa shape index (κ1) is 9.77. The molecule has 0 aromatic rings. The SMILES string of the molecule is COC(=O)C1CC=CC[C@@H]1C(=O)O. The molecular formula is C9H12O4. The number of carbonyl (C=O) groups excluding carboxylic acids is 1. The molecule has 1 N–H and O–H groups in total. The third-order valence-electron chi connectivity index (χ3n) is 2.25. The number of carboxylic acid groups (broad SMARTS) is 1. The fourth-order valence-electron chi connectivity index (χ4n) is 1.50. The normalized spacial score (nSPS) is 26.8. The molecule has 0 amide bonds. The molecule has 2 atom stereocenters. The highest BCUT2D eigenvalue weighted by molar-refractivity contribution is 5.81. The number of hydrogen-bond acceptors (Lipinski definition) is 3. The van der Waals surface area contributed by atoms with Crippen molar-refractivity contribution in [2.45, 2.75) is 12.8 Å². The predicted molar refractivity (Wildman–Crippen MR) is 45.0 cm³/mol. The van der Waals surface area contributed by atoms with Gasteiger partial charge in [0.1, 0.15) is 0 Å². The number of hydrogen-bond donors (Lipinski definition) is 1. The molecule has 0 spiro atoms. The Balaban J connectivity index is 2.75. The van der Waals surface area contributed by atoms with Gasteiger partial charge in [-0.3, -0.25) is 9.59 Å². The van der Waals surface area contributed by atoms with E-state index in [2.05, 4.69) is 4.74 Å². The Labute approximate surface area is 76.2 Å². The lowest BCUT2D eigenvalue weighted by molar-refractivity contribution is -0.155. The molecule has 4 nitrogen and oxygen atoms in total. The quantitative estimate of drug-likeness (QED) is 0.510. The molecule has 0 fully saturated rings. The molecule has 0 heterocycles. The van der Waals surface area contributed by atoms with Gasteiger partial charge in [-0.05, 0) is 12.8 Å². The van der Waals surface area contributed by atoms with Gasteiger partial charge in [-0.15, -0.1) is 0 Å². The zero-order chi connectivity index (χ0) is 9.84. The minimum atomic E-state index is -0.931. The molecule has 0 bridgehead atoms. The molecular weight excluding hydrogens is 172 g/mol. The van der Waals surface area contributed by atoms with Gasteiger partial charge in [-0.1, -0.05) is 12.2 Å². The van der Waals surface area contributed by atoms with Crippen molar-refractivity contribution in [1.29, 1.82) is 0 Å². The summed E-state index contributed by atoms with van der Waals surface area (Å²) in [6, 6.07) is 0. The maximum absolute atomic E-state index is 11.2. The van der Waals surface area contributed by atoms with E-state index in [-0.39, 0.29) is 0 Å². The first-order chi connectivity index (χ1) is 6.16. The van der Waals surface area contributed by atoms with Gasteiger partial charge in [-0.2, -0.15) is 0 Å². The Bertz CT molecular complexity index is 244. The molecule has 1 aliphatic carbocycles. The molecule has 0 aromatic carbocycles. The first-order valence-electron chi connectivity index (χ1n) is 4.12. The van der Waals surface area contributed by atoms with Crippen LogP contribution >= 0.6 is 0 Å². The Kier molecular flexibility index (Phi) is 3.06. The summed E-state index contributed by atoms with van der Waals surface area (Å²) in [5, 5.41) is 8.81. The summed E-state index contributed by atoms with van der Waals surface area (Å²) in [7, 11) is 1.28. The van der Waals surface area contributed by atoms with E-state index in [9.17, 15) is 9.59 Å². The van der Waals surface area contributed by atoms with Gasteiger partial charge < -0.3 is 9.84 Å². The van der Waals surface area contributed by atoms with Gasteiger partial charge in [0, 0.05) is 0 Å². The lowest BCUT2D eigenvalue weighted by Gasteiger charge is -2.22. The van der Waals surface area contributed by atoms with Gasteiger partial charge in [-0.25, -0.2) is 0 Å². The Morgan fingerprint density at radius 2 is 1.85 bits per heavy atom. The van der Waals surface area contributed by atoms with Crippen molar-refractivity contribution < 1.29 is 19.4 Å². The molecule has 4 heteroatoms. The lowest BCUT2D eigenvalue weighted by atomic mass is 9.83. The maximum atomic E-state index is 11.2. The van der Waals surface area contributed by atoms with Crippen LogP contribution in [-0.2, 0) is 14.3 Å². The smallest absolute Gasteiger partial charge is 0.309 e. The highest BCUT2D eigenvalue weighted by Crippen LogP contribution is 2.26. The van der Waals surface area contributed by atoms with Crippen molar-refractivity contribution in [3.05, 3.63) is 12.2 Å². The molecule has 1 unspecified atom stereocenters. The average Bonchev–Trinajstić information content (AvgIpc) is 2.16. The van der Waals surface area contributed by atoms with E-state index in [1.54, 1.807) is 6.08 Å². The van der Waals surface area contributed by atoms with Gasteiger partial charge >= 0.3 is 11.9 Å². The zero-order valence-corrected chi connectivity index (χ0v) is 7.40. The molecule has 1 rings (SSSR count). The maximum Gasteiger partial charge on any atom is 0.309 e. The summed E-state index contributed by atoms with van der Waals surface area (Å²) in [6.07, 6.45) is 4.48. The highest BCUT2D eigenvalue weighted by atomic mass is 16.5. The predicted octanol–water partition coefficient (Wildman–Crippen LogP) is 0.826. The number of rotatable bonds is 2. The Hall–Kier alpha value is -1.32. The largest absolute Gasteiger partial charge is 0.481 e. The van der Waals surface area contributed by atoms with E-state index < -0.39 is 23.8 Å². The van der Waals surface area contributed by atoms with Gasteiger partial charge in [0.25, 0.3) is 0 Å². The molecule has 0 saturated carbocycles. The topological polar surface area (TPSA) is 63.6 Å². The molecule has 0 radical (unpaired) electrons. The second-order valence-electron chi connectivity index (χ2n) is 3.02. The second-order valence-corrected chi connectivity index (χ2v) is 3.02. The molecule has 13 heavy (non-hydrogen) atoms. The zero-order valence-electron chi connectivity index (χ0n) is 7.40. The number of ether oxygens (including phenoxy) is 1. The highest BCUT2D eigenvalue weighted by Gasteiger charge is 2.34. The van der Waals surface area contributed by atoms with Crippen LogP contribution in [0.2, 0.25) is 0 Å². The molecule has 0 aromatic heterocycles. The van der Waals surface area contributed by atoms with Crippen molar-refractivity contribution in [3.63, 3.8) is 0 Å². The molecule has 0 aliphatic heterocycles. The number of methoxy groups -OCH3 is 1. The summed E-state index contributed by atoms with van der Waals surface area (Å²) in [5.41, 5.74) is 0. The summed E-state index contributed by atoms with van der Waals surface area (Å²) in [4.78, 5) is 21.9. The van der Waals surface area contributed by atoms with E-state index in [1.165, 1.54) is 7.11 Å². The van der Waals surface area contributed by atoms with Crippen molar-refractivity contribution in [1.82, 2.24) is 0 Å². The van der Waals surface area contributed by atoms with E-state index in [4.69, 9.17) is 5.11 Å². The standard InChI is InChI=1S/C9H12O4/c1-13-9(12)7-5-3-2-4-6(7)8(10)11/h2-3,6-7H,4-5H2,1H3,(H,10,11)/t6-,7?/m0/s1. The number of allylic oxidation sites excluding steroid dienone is 2. The minimum Gasteiger partial charge on any atom is -0.481 e. The van der Waals surface area contributed by atoms with Crippen LogP contribution in [0.3, 0.4) is 0 Å². The number of aliphatic carboxylic acids is 1. The summed E-state index contributed by atoms with van der Waals surface area (Å²) in [5.74, 6) is -2.51. The van der Waals surface area contributed by atoms with Crippen molar-refractivity contribution >= 4 is 11.9 Å². The third-order valence-corrected chi connectivity index (χ3v) is 2.25. The Morgan fingerprint density at radius 1 is 1.31 bits per heavy atom. The fraction of sp³-hybridized carbons (Fsp3) is 0.556. The van der Waals surface area contributed by atoms with Gasteiger partial charge in [0.05, 0.1) is 18.9 Å². The van der Waals surface area contributed by atoms with Gasteiger partial charge in [0.15, 0.2) is 0 Å². The minimum absolute atomic E-state index is 0.412. The second kappa shape index (κ2) is 4.07. The van der Waals surface area contributed by atoms with Crippen molar-refractivity contribution in [2.24, 2.45) is 11.8 Å². The van der Waals surface area contributed by atoms with E-state index in [1.807, 2.05) is 6.08 Å². The van der Waals surface area contributed by atoms with Crippen LogP contribution in [-0.4, -0.2) is 24.2 Å². The third kappa shape index (κ3) is 2.08. The van der Waals surface area contributed by atoms with E-state index in [0.717, 1.165) is 0 Å². The number of carbonyl (C=O) groups is 2. The average molecular weight is 184 g/mol. The van der Waals surface area contributed by atoms with Crippen LogP contribution < -0.4 is 0 Å². The van der Waals surface area contributed by atoms with E-state index >= 15 is 0 Å². The van der Waals surface area contributed by atoms with Gasteiger partial charge in [0.2, 0.25) is 0 Å². The van der Waals surface area contributed by atoms with Crippen LogP contribution in [0.4, 0.5) is 0 Å². The van der Waals surface area contributed by atoms with Crippen LogP contribution in [0.1, 0.15) is 12.8 Å². The fourth-order valence-corrected chi connectivity index (χ4v) is 1.50. The van der Waals surface area contributed by atoms with Crippen LogP contribution in [0, 0.1) is 11.8 Å². The molecule has 72 valence electrons. The van der Waals surface area contributed by atoms with Crippen molar-refractivity contribution in [2.75, 3.05) is 7.11 Å². The van der Waals surface area contributed by atoms with Crippen molar-refractivity contribution in [3.8, 4) is 0 Å². The number of esters is 1. The summed E-state index contributed by atoms with van der Waals surface area (Å²) in [6.45, 7) is 0. The lowest BCUT2D eigenvalue weighted by Crippen LogP contribution is -2.31. The Morgan fingerprint density at radius 3 is 2.31 bits per heavy atom. The monoisotopic (exact) mass is 184 g/mol. The van der Waals surface area contributed by atoms with Crippen LogP contribution in [0.25, 0.3) is 0 Å². The van der Waals surface area contributed by atoms with Crippen LogP contribution in [0.15, 0.2) is 12.2 Å². The number of carboxylic acids is 1. The summed E-state index contributed by atoms with van der Waals surface area (Å²) < 4.78 is 4.53. The van der Waals surface area contributed by atoms with Crippen LogP contribution in [0.5, 0.6) is 0 Å².